The summed E-state index contributed by atoms with van der Waals surface area (Å²) in [5, 5.41) is 0.666. The fraction of sp³-hybridized carbons (Fsp3) is 0.259. The lowest BCUT2D eigenvalue weighted by Crippen LogP contribution is -2.38. The Morgan fingerprint density at radius 2 is 1.58 bits per heavy atom. The van der Waals surface area contributed by atoms with Crippen molar-refractivity contribution in [2.45, 2.75) is 37.0 Å². The molecule has 186 valence electrons. The minimum absolute atomic E-state index is 0.135. The summed E-state index contributed by atoms with van der Waals surface area (Å²) in [5.74, 6) is 0.0170. The zero-order chi connectivity index (χ0) is 25.4. The van der Waals surface area contributed by atoms with E-state index in [1.165, 1.54) is 16.1 Å². The van der Waals surface area contributed by atoms with Crippen LogP contribution in [0.15, 0.2) is 76.8 Å². The predicted molar refractivity (Wildman–Crippen MR) is 142 cm³/mol. The molecule has 0 radical (unpaired) electrons. The molecule has 1 fully saturated rings. The summed E-state index contributed by atoms with van der Waals surface area (Å²) in [6, 6.07) is 20.5. The molecule has 1 amide bonds. The third-order valence-corrected chi connectivity index (χ3v) is 9.13. The molecule has 2 heterocycles. The van der Waals surface area contributed by atoms with Gasteiger partial charge >= 0.3 is 0 Å². The number of sulfonamides is 1. The summed E-state index contributed by atoms with van der Waals surface area (Å²) >= 11 is 1.33. The van der Waals surface area contributed by atoms with Gasteiger partial charge in [-0.05, 0) is 56.2 Å². The molecule has 1 atom stereocenters. The number of aromatic nitrogens is 2. The lowest BCUT2D eigenvalue weighted by molar-refractivity contribution is -0.130. The fourth-order valence-electron chi connectivity index (χ4n) is 4.43. The normalized spacial score (nSPS) is 16.6. The molecule has 7 nitrogen and oxygen atoms in total. The third kappa shape index (κ3) is 4.78. The van der Waals surface area contributed by atoms with Gasteiger partial charge in [0.2, 0.25) is 15.9 Å². The van der Waals surface area contributed by atoms with Gasteiger partial charge in [-0.2, -0.15) is 4.31 Å². The van der Waals surface area contributed by atoms with Gasteiger partial charge in [0, 0.05) is 13.1 Å². The van der Waals surface area contributed by atoms with E-state index in [9.17, 15) is 13.2 Å². The second-order valence-corrected chi connectivity index (χ2v) is 12.0. The maximum atomic E-state index is 13.6. The third-order valence-electron chi connectivity index (χ3n) is 6.40. The molecular weight excluding hydrogens is 492 g/mol. The van der Waals surface area contributed by atoms with Crippen molar-refractivity contribution in [2.24, 2.45) is 0 Å². The molecule has 0 bridgehead atoms. The maximum absolute atomic E-state index is 13.6. The van der Waals surface area contributed by atoms with Crippen LogP contribution in [0, 0.1) is 20.8 Å². The van der Waals surface area contributed by atoms with Crippen LogP contribution in [0.2, 0.25) is 0 Å². The number of fused-ring (bicyclic) bond motifs is 1. The highest BCUT2D eigenvalue weighted by Crippen LogP contribution is 2.36. The lowest BCUT2D eigenvalue weighted by Gasteiger charge is -2.30. The standard InChI is InChI=1S/C27H28N4O3S2/c1-18-4-9-21(10-5-18)26-30(14-15-31(26)36(33,34)22-11-6-19(2)7-12-22)25(32)17-35-27-28-23-13-8-20(3)16-24(23)29-27/h4-13,16,26H,14-15,17H2,1-3H3,(H,28,29). The quantitative estimate of drug-likeness (QED) is 0.369. The van der Waals surface area contributed by atoms with Crippen molar-refractivity contribution >= 4 is 38.7 Å². The minimum Gasteiger partial charge on any atom is -0.333 e. The Kier molecular flexibility index (Phi) is 6.63. The SMILES string of the molecule is Cc1ccc(C2N(C(=O)CSc3nc4ccc(C)cc4[nH]3)CCN2S(=O)(=O)c2ccc(C)cc2)cc1. The van der Waals surface area contributed by atoms with Gasteiger partial charge in [0.05, 0.1) is 21.7 Å². The first-order chi connectivity index (χ1) is 17.2. The van der Waals surface area contributed by atoms with Crippen molar-refractivity contribution in [3.8, 4) is 0 Å². The fourth-order valence-corrected chi connectivity index (χ4v) is 6.77. The largest absolute Gasteiger partial charge is 0.333 e. The average Bonchev–Trinajstić information content (AvgIpc) is 3.48. The smallest absolute Gasteiger partial charge is 0.245 e. The van der Waals surface area contributed by atoms with E-state index < -0.39 is 16.2 Å². The number of carbonyl (C=O) groups is 1. The molecule has 1 unspecified atom stereocenters. The second-order valence-electron chi connectivity index (χ2n) is 9.15. The van der Waals surface area contributed by atoms with Gasteiger partial charge in [0.25, 0.3) is 0 Å². The number of aromatic amines is 1. The molecule has 1 aliphatic rings. The van der Waals surface area contributed by atoms with E-state index in [2.05, 4.69) is 9.97 Å². The number of benzene rings is 3. The van der Waals surface area contributed by atoms with Crippen molar-refractivity contribution in [2.75, 3.05) is 18.8 Å². The van der Waals surface area contributed by atoms with Gasteiger partial charge < -0.3 is 9.88 Å². The number of nitrogens with zero attached hydrogens (tertiary/aromatic N) is 3. The van der Waals surface area contributed by atoms with E-state index in [1.54, 1.807) is 29.2 Å². The van der Waals surface area contributed by atoms with Crippen LogP contribution in [-0.2, 0) is 14.8 Å². The summed E-state index contributed by atoms with van der Waals surface area (Å²) in [4.78, 5) is 23.2. The molecule has 1 saturated heterocycles. The molecule has 1 aromatic heterocycles. The van der Waals surface area contributed by atoms with Crippen LogP contribution in [0.5, 0.6) is 0 Å². The Hall–Kier alpha value is -3.14. The van der Waals surface area contributed by atoms with Gasteiger partial charge in [-0.1, -0.05) is 65.4 Å². The molecule has 9 heteroatoms. The zero-order valence-electron chi connectivity index (χ0n) is 20.4. The number of thioether (sulfide) groups is 1. The summed E-state index contributed by atoms with van der Waals surface area (Å²) in [6.07, 6.45) is -0.705. The van der Waals surface area contributed by atoms with Crippen LogP contribution in [-0.4, -0.2) is 52.3 Å². The predicted octanol–water partition coefficient (Wildman–Crippen LogP) is 4.81. The molecule has 5 rings (SSSR count). The number of H-pyrrole nitrogens is 1. The molecular formula is C27H28N4O3S2. The topological polar surface area (TPSA) is 86.4 Å². The summed E-state index contributed by atoms with van der Waals surface area (Å²) in [7, 11) is -3.80. The van der Waals surface area contributed by atoms with Crippen molar-refractivity contribution in [3.05, 3.63) is 89.0 Å². The Morgan fingerprint density at radius 1 is 0.944 bits per heavy atom. The molecule has 3 aromatic carbocycles. The number of nitrogens with one attached hydrogen (secondary N) is 1. The molecule has 1 aliphatic heterocycles. The van der Waals surface area contributed by atoms with E-state index in [1.807, 2.05) is 63.2 Å². The molecule has 0 saturated carbocycles. The number of imidazole rings is 1. The van der Waals surface area contributed by atoms with Gasteiger partial charge in [0.1, 0.15) is 6.17 Å². The number of carbonyl (C=O) groups excluding carboxylic acids is 1. The molecule has 4 aromatic rings. The van der Waals surface area contributed by atoms with E-state index >= 15 is 0 Å². The number of aryl methyl sites for hydroxylation is 3. The van der Waals surface area contributed by atoms with E-state index in [0.717, 1.165) is 33.3 Å². The Labute approximate surface area is 215 Å². The molecule has 36 heavy (non-hydrogen) atoms. The van der Waals surface area contributed by atoms with Crippen LogP contribution >= 0.6 is 11.8 Å². The highest BCUT2D eigenvalue weighted by Gasteiger charge is 2.43. The van der Waals surface area contributed by atoms with Crippen molar-refractivity contribution < 1.29 is 13.2 Å². The highest BCUT2D eigenvalue weighted by molar-refractivity contribution is 7.99. The maximum Gasteiger partial charge on any atom is 0.245 e. The van der Waals surface area contributed by atoms with E-state index in [0.29, 0.717) is 11.7 Å². The number of amides is 1. The molecule has 0 aliphatic carbocycles. The van der Waals surface area contributed by atoms with Crippen LogP contribution in [0.1, 0.15) is 28.4 Å². The second kappa shape index (κ2) is 9.72. The van der Waals surface area contributed by atoms with Gasteiger partial charge in [-0.3, -0.25) is 4.79 Å². The summed E-state index contributed by atoms with van der Waals surface area (Å²) < 4.78 is 28.7. The molecule has 0 spiro atoms. The van der Waals surface area contributed by atoms with Crippen molar-refractivity contribution in [3.63, 3.8) is 0 Å². The Morgan fingerprint density at radius 3 is 2.28 bits per heavy atom. The number of hydrogen-bond acceptors (Lipinski definition) is 5. The van der Waals surface area contributed by atoms with Crippen LogP contribution in [0.25, 0.3) is 11.0 Å². The van der Waals surface area contributed by atoms with Crippen LogP contribution in [0.3, 0.4) is 0 Å². The summed E-state index contributed by atoms with van der Waals surface area (Å²) in [6.45, 7) is 6.47. The van der Waals surface area contributed by atoms with Crippen LogP contribution < -0.4 is 0 Å². The van der Waals surface area contributed by atoms with Gasteiger partial charge in [-0.15, -0.1) is 0 Å². The first-order valence-corrected chi connectivity index (χ1v) is 14.2. The zero-order valence-corrected chi connectivity index (χ0v) is 22.1. The Bertz CT molecular complexity index is 1510. The van der Waals surface area contributed by atoms with Gasteiger partial charge in [0.15, 0.2) is 5.16 Å². The van der Waals surface area contributed by atoms with E-state index in [4.69, 9.17) is 0 Å². The summed E-state index contributed by atoms with van der Waals surface area (Å²) in [5.41, 5.74) is 5.74. The molecule has 1 N–H and O–H groups in total. The average molecular weight is 521 g/mol. The Balaban J connectivity index is 1.41. The minimum atomic E-state index is -3.80. The van der Waals surface area contributed by atoms with Gasteiger partial charge in [-0.25, -0.2) is 13.4 Å². The van der Waals surface area contributed by atoms with Crippen molar-refractivity contribution in [1.82, 2.24) is 19.2 Å². The van der Waals surface area contributed by atoms with Crippen molar-refractivity contribution in [1.29, 1.82) is 0 Å². The lowest BCUT2D eigenvalue weighted by atomic mass is 10.1. The first kappa shape index (κ1) is 24.5. The first-order valence-electron chi connectivity index (χ1n) is 11.8. The monoisotopic (exact) mass is 520 g/mol. The number of hydrogen-bond donors (Lipinski definition) is 1. The van der Waals surface area contributed by atoms with E-state index in [-0.39, 0.29) is 23.1 Å². The highest BCUT2D eigenvalue weighted by atomic mass is 32.2. The number of rotatable bonds is 6. The van der Waals surface area contributed by atoms with Crippen LogP contribution in [0.4, 0.5) is 0 Å².